The van der Waals surface area contributed by atoms with Gasteiger partial charge in [-0.1, -0.05) is 42.4 Å². The van der Waals surface area contributed by atoms with Crippen molar-refractivity contribution in [2.75, 3.05) is 5.75 Å². The predicted molar refractivity (Wildman–Crippen MR) is 97.0 cm³/mol. The van der Waals surface area contributed by atoms with Gasteiger partial charge in [-0.15, -0.1) is 11.8 Å². The number of rotatable bonds is 8. The van der Waals surface area contributed by atoms with E-state index in [-0.39, 0.29) is 5.84 Å². The van der Waals surface area contributed by atoms with Gasteiger partial charge in [0.2, 0.25) is 0 Å². The summed E-state index contributed by atoms with van der Waals surface area (Å²) in [7, 11) is 0. The lowest BCUT2D eigenvalue weighted by Crippen LogP contribution is -2.11. The first-order chi connectivity index (χ1) is 11.2. The Morgan fingerprint density at radius 2 is 2.04 bits per heavy atom. The van der Waals surface area contributed by atoms with Crippen molar-refractivity contribution >= 4 is 17.6 Å². The van der Waals surface area contributed by atoms with E-state index in [1.54, 1.807) is 11.8 Å². The quantitative estimate of drug-likeness (QED) is 0.249. The summed E-state index contributed by atoms with van der Waals surface area (Å²) in [5.74, 6) is 1.37. The number of nitrogens with two attached hydrogens (primary N) is 1. The Morgan fingerprint density at radius 1 is 1.26 bits per heavy atom. The number of hydrogen-bond acceptors (Lipinski definition) is 4. The van der Waals surface area contributed by atoms with Gasteiger partial charge in [0.15, 0.2) is 0 Å². The van der Waals surface area contributed by atoms with Crippen molar-refractivity contribution in [1.82, 2.24) is 4.98 Å². The first-order valence-corrected chi connectivity index (χ1v) is 8.86. The molecule has 2 rings (SSSR count). The minimum absolute atomic E-state index is 0.287. The van der Waals surface area contributed by atoms with Gasteiger partial charge >= 0.3 is 0 Å². The highest BCUT2D eigenvalue weighted by molar-refractivity contribution is 7.99. The minimum Gasteiger partial charge on any atom is -0.409 e. The van der Waals surface area contributed by atoms with Gasteiger partial charge in [0, 0.05) is 18.2 Å². The average Bonchev–Trinajstić information content (AvgIpc) is 2.60. The Bertz CT molecular complexity index is 641. The first-order valence-electron chi connectivity index (χ1n) is 7.88. The highest BCUT2D eigenvalue weighted by Crippen LogP contribution is 2.30. The Labute approximate surface area is 141 Å². The molecule has 23 heavy (non-hydrogen) atoms. The van der Waals surface area contributed by atoms with E-state index >= 15 is 0 Å². The molecule has 2 aromatic rings. The van der Waals surface area contributed by atoms with Crippen LogP contribution in [0, 0.1) is 0 Å². The Hall–Kier alpha value is -2.01. The highest BCUT2D eigenvalue weighted by Gasteiger charge is 2.06. The number of nitrogens with zero attached hydrogens (tertiary/aromatic N) is 2. The SMILES string of the molecule is CCCSc1ncccc1-c1ccc(CCC/C(N)=N/O)cc1. The van der Waals surface area contributed by atoms with E-state index in [0.29, 0.717) is 6.42 Å². The zero-order valence-electron chi connectivity index (χ0n) is 13.4. The topological polar surface area (TPSA) is 71.5 Å². The second kappa shape index (κ2) is 9.20. The zero-order valence-corrected chi connectivity index (χ0v) is 14.2. The molecule has 0 spiro atoms. The number of hydrogen-bond donors (Lipinski definition) is 2. The molecule has 0 amide bonds. The van der Waals surface area contributed by atoms with Gasteiger partial charge in [0.1, 0.15) is 10.9 Å². The highest BCUT2D eigenvalue weighted by atomic mass is 32.2. The summed E-state index contributed by atoms with van der Waals surface area (Å²) in [6.45, 7) is 2.18. The molecule has 0 aliphatic heterocycles. The van der Waals surface area contributed by atoms with Gasteiger partial charge in [-0.05, 0) is 42.2 Å². The van der Waals surface area contributed by atoms with E-state index in [0.717, 1.165) is 30.0 Å². The third-order valence-corrected chi connectivity index (χ3v) is 4.72. The Kier molecular flexibility index (Phi) is 6.94. The summed E-state index contributed by atoms with van der Waals surface area (Å²) in [6.07, 6.45) is 5.39. The molecule has 1 aromatic carbocycles. The lowest BCUT2D eigenvalue weighted by atomic mass is 10.0. The predicted octanol–water partition coefficient (Wildman–Crippen LogP) is 4.32. The van der Waals surface area contributed by atoms with Gasteiger partial charge < -0.3 is 10.9 Å². The fraction of sp³-hybridized carbons (Fsp3) is 0.333. The third-order valence-electron chi connectivity index (χ3n) is 3.51. The van der Waals surface area contributed by atoms with Crippen LogP contribution in [0.2, 0.25) is 0 Å². The van der Waals surface area contributed by atoms with Crippen LogP contribution >= 0.6 is 11.8 Å². The summed E-state index contributed by atoms with van der Waals surface area (Å²) in [6, 6.07) is 12.7. The molecule has 122 valence electrons. The summed E-state index contributed by atoms with van der Waals surface area (Å²) in [5.41, 5.74) is 9.12. The van der Waals surface area contributed by atoms with Crippen molar-refractivity contribution in [2.24, 2.45) is 10.9 Å². The van der Waals surface area contributed by atoms with E-state index in [9.17, 15) is 0 Å². The summed E-state index contributed by atoms with van der Waals surface area (Å²) in [5, 5.41) is 12.6. The van der Waals surface area contributed by atoms with Crippen LogP contribution in [0.3, 0.4) is 0 Å². The molecule has 0 aliphatic rings. The Balaban J connectivity index is 2.05. The maximum atomic E-state index is 8.54. The second-order valence-electron chi connectivity index (χ2n) is 5.35. The van der Waals surface area contributed by atoms with Crippen molar-refractivity contribution in [2.45, 2.75) is 37.6 Å². The second-order valence-corrected chi connectivity index (χ2v) is 6.43. The fourth-order valence-corrected chi connectivity index (χ4v) is 3.17. The number of aromatic nitrogens is 1. The molecule has 3 N–H and O–H groups in total. The number of pyridine rings is 1. The van der Waals surface area contributed by atoms with Crippen molar-refractivity contribution in [3.8, 4) is 11.1 Å². The van der Waals surface area contributed by atoms with Crippen molar-refractivity contribution in [1.29, 1.82) is 0 Å². The molecule has 0 atom stereocenters. The number of thioether (sulfide) groups is 1. The van der Waals surface area contributed by atoms with Gasteiger partial charge in [0.05, 0.1) is 0 Å². The largest absolute Gasteiger partial charge is 0.409 e. The van der Waals surface area contributed by atoms with Crippen molar-refractivity contribution < 1.29 is 5.21 Å². The monoisotopic (exact) mass is 329 g/mol. The molecule has 1 heterocycles. The lowest BCUT2D eigenvalue weighted by molar-refractivity contribution is 0.316. The summed E-state index contributed by atoms with van der Waals surface area (Å²) < 4.78 is 0. The molecule has 0 saturated heterocycles. The lowest BCUT2D eigenvalue weighted by Gasteiger charge is -2.09. The van der Waals surface area contributed by atoms with Crippen LogP contribution in [0.15, 0.2) is 52.8 Å². The van der Waals surface area contributed by atoms with Gasteiger partial charge in [-0.25, -0.2) is 4.98 Å². The molecule has 0 unspecified atom stereocenters. The molecule has 0 radical (unpaired) electrons. The van der Waals surface area contributed by atoms with Crippen LogP contribution < -0.4 is 5.73 Å². The molecule has 1 aromatic heterocycles. The van der Waals surface area contributed by atoms with Crippen LogP contribution in [0.4, 0.5) is 0 Å². The standard InChI is InChI=1S/C18H23N3OS/c1-2-13-23-18-16(6-4-12-20-18)15-10-8-14(9-11-15)5-3-7-17(19)21-22/h4,6,8-12,22H,2-3,5,7,13H2,1H3,(H2,19,21). The molecule has 5 heteroatoms. The summed E-state index contributed by atoms with van der Waals surface area (Å²) in [4.78, 5) is 4.51. The normalized spacial score (nSPS) is 11.6. The number of benzene rings is 1. The first kappa shape index (κ1) is 17.3. The van der Waals surface area contributed by atoms with E-state index in [1.807, 2.05) is 12.3 Å². The van der Waals surface area contributed by atoms with Crippen LogP contribution in [0.25, 0.3) is 11.1 Å². The Morgan fingerprint density at radius 3 is 2.74 bits per heavy atom. The maximum Gasteiger partial charge on any atom is 0.139 e. The van der Waals surface area contributed by atoms with E-state index in [1.165, 1.54) is 16.7 Å². The van der Waals surface area contributed by atoms with E-state index in [2.05, 4.69) is 47.4 Å². The van der Waals surface area contributed by atoms with Gasteiger partial charge in [0.25, 0.3) is 0 Å². The maximum absolute atomic E-state index is 8.54. The van der Waals surface area contributed by atoms with E-state index < -0.39 is 0 Å². The van der Waals surface area contributed by atoms with Crippen LogP contribution in [-0.2, 0) is 6.42 Å². The fourth-order valence-electron chi connectivity index (χ4n) is 2.30. The molecule has 4 nitrogen and oxygen atoms in total. The van der Waals surface area contributed by atoms with Crippen LogP contribution in [0.1, 0.15) is 31.7 Å². The molecule has 0 saturated carbocycles. The van der Waals surface area contributed by atoms with E-state index in [4.69, 9.17) is 10.9 Å². The number of oxime groups is 1. The van der Waals surface area contributed by atoms with Crippen LogP contribution in [-0.4, -0.2) is 21.8 Å². The van der Waals surface area contributed by atoms with Gasteiger partial charge in [-0.3, -0.25) is 0 Å². The molecular weight excluding hydrogens is 306 g/mol. The van der Waals surface area contributed by atoms with Crippen molar-refractivity contribution in [3.63, 3.8) is 0 Å². The average molecular weight is 329 g/mol. The van der Waals surface area contributed by atoms with Crippen LogP contribution in [0.5, 0.6) is 0 Å². The molecule has 0 bridgehead atoms. The van der Waals surface area contributed by atoms with Gasteiger partial charge in [-0.2, -0.15) is 0 Å². The molecule has 0 aliphatic carbocycles. The summed E-state index contributed by atoms with van der Waals surface area (Å²) >= 11 is 1.80. The minimum atomic E-state index is 0.287. The zero-order chi connectivity index (χ0) is 16.5. The number of aryl methyl sites for hydroxylation is 1. The van der Waals surface area contributed by atoms with Crippen molar-refractivity contribution in [3.05, 3.63) is 48.2 Å². The number of amidine groups is 1. The smallest absolute Gasteiger partial charge is 0.139 e. The molecular formula is C18H23N3OS. The third kappa shape index (κ3) is 5.28. The molecule has 0 fully saturated rings.